The van der Waals surface area contributed by atoms with Gasteiger partial charge in [-0.15, -0.1) is 0 Å². The van der Waals surface area contributed by atoms with Crippen LogP contribution in [0.1, 0.15) is 180 Å². The Labute approximate surface area is 290 Å². The maximum absolute atomic E-state index is 10.5. The molecule has 0 aromatic carbocycles. The normalized spacial score (nSPS) is 11.9. The Kier molecular flexibility index (Phi) is 37.3. The molecule has 0 rings (SSSR count). The fourth-order valence-electron chi connectivity index (χ4n) is 6.02. The lowest BCUT2D eigenvalue weighted by Crippen LogP contribution is -2.35. The van der Waals surface area contributed by atoms with Crippen molar-refractivity contribution in [3.8, 4) is 0 Å². The molecule has 0 fully saturated rings. The average Bonchev–Trinajstić information content (AvgIpc) is 3.05. The molecular formula is C40H77N3O4. The highest BCUT2D eigenvalue weighted by atomic mass is 16.4. The van der Waals surface area contributed by atoms with Crippen molar-refractivity contribution in [3.05, 3.63) is 24.3 Å². The van der Waals surface area contributed by atoms with E-state index in [1.807, 2.05) is 0 Å². The summed E-state index contributed by atoms with van der Waals surface area (Å²) in [7, 11) is 0. The maximum Gasteiger partial charge on any atom is 0.303 e. The van der Waals surface area contributed by atoms with Gasteiger partial charge in [-0.3, -0.25) is 9.59 Å². The van der Waals surface area contributed by atoms with E-state index in [4.69, 9.17) is 15.9 Å². The molecule has 0 heterocycles. The van der Waals surface area contributed by atoms with Crippen LogP contribution in [0.3, 0.4) is 0 Å². The predicted octanol–water partition coefficient (Wildman–Crippen LogP) is 10.0. The highest BCUT2D eigenvalue weighted by Crippen LogP contribution is 2.13. The van der Waals surface area contributed by atoms with E-state index < -0.39 is 11.9 Å². The highest BCUT2D eigenvalue weighted by molar-refractivity contribution is 5.66. The first kappa shape index (κ1) is 45.3. The van der Waals surface area contributed by atoms with Crippen LogP contribution in [0.4, 0.5) is 0 Å². The van der Waals surface area contributed by atoms with Crippen LogP contribution in [0, 0.1) is 0 Å². The Bertz CT molecular complexity index is 674. The third-order valence-corrected chi connectivity index (χ3v) is 8.97. The lowest BCUT2D eigenvalue weighted by molar-refractivity contribution is -0.138. The summed E-state index contributed by atoms with van der Waals surface area (Å²) in [6.07, 6.45) is 41.8. The molecule has 0 aliphatic rings. The van der Waals surface area contributed by atoms with E-state index in [0.717, 1.165) is 71.0 Å². The second kappa shape index (κ2) is 38.7. The average molecular weight is 664 g/mol. The van der Waals surface area contributed by atoms with E-state index in [1.54, 1.807) is 0 Å². The van der Waals surface area contributed by atoms with Crippen molar-refractivity contribution in [2.24, 2.45) is 5.73 Å². The summed E-state index contributed by atoms with van der Waals surface area (Å²) in [6.45, 7) is 6.24. The van der Waals surface area contributed by atoms with Crippen LogP contribution in [0.15, 0.2) is 24.3 Å². The van der Waals surface area contributed by atoms with Crippen molar-refractivity contribution in [3.63, 3.8) is 0 Å². The van der Waals surface area contributed by atoms with Crippen molar-refractivity contribution in [2.75, 3.05) is 39.3 Å². The molecule has 0 aliphatic carbocycles. The Hall–Kier alpha value is -1.70. The zero-order valence-electron chi connectivity index (χ0n) is 30.6. The molecule has 0 atom stereocenters. The quantitative estimate of drug-likeness (QED) is 0.0382. The SMILES string of the molecule is NCCNCCN(CCCCCCCCC=CCCCCCCCC(=O)O)CCCCCCCCC=CCCCCCCCC(=O)O. The zero-order valence-corrected chi connectivity index (χ0v) is 30.6. The minimum absolute atomic E-state index is 0.316. The zero-order chi connectivity index (χ0) is 34.3. The van der Waals surface area contributed by atoms with Crippen LogP contribution >= 0.6 is 0 Å². The summed E-state index contributed by atoms with van der Waals surface area (Å²) >= 11 is 0. The van der Waals surface area contributed by atoms with E-state index in [0.29, 0.717) is 19.4 Å². The molecule has 47 heavy (non-hydrogen) atoms. The second-order valence-corrected chi connectivity index (χ2v) is 13.5. The number of hydrogen-bond donors (Lipinski definition) is 4. The van der Waals surface area contributed by atoms with Crippen molar-refractivity contribution in [1.29, 1.82) is 0 Å². The van der Waals surface area contributed by atoms with Crippen LogP contribution < -0.4 is 11.1 Å². The van der Waals surface area contributed by atoms with Crippen LogP contribution in [0.5, 0.6) is 0 Å². The number of nitrogens with one attached hydrogen (secondary N) is 1. The number of aliphatic carboxylic acids is 2. The Morgan fingerprint density at radius 2 is 0.766 bits per heavy atom. The molecule has 0 saturated carbocycles. The monoisotopic (exact) mass is 664 g/mol. The first-order chi connectivity index (χ1) is 23.1. The maximum atomic E-state index is 10.5. The highest BCUT2D eigenvalue weighted by Gasteiger charge is 2.05. The van der Waals surface area contributed by atoms with Gasteiger partial charge in [0.2, 0.25) is 0 Å². The number of unbranched alkanes of at least 4 members (excludes halogenated alkanes) is 22. The first-order valence-electron chi connectivity index (χ1n) is 19.9. The summed E-state index contributed by atoms with van der Waals surface area (Å²) in [6, 6.07) is 0. The first-order valence-corrected chi connectivity index (χ1v) is 19.9. The smallest absolute Gasteiger partial charge is 0.303 e. The summed E-state index contributed by atoms with van der Waals surface area (Å²) in [5, 5.41) is 20.8. The van der Waals surface area contributed by atoms with Crippen LogP contribution in [0.2, 0.25) is 0 Å². The number of rotatable bonds is 39. The van der Waals surface area contributed by atoms with Gasteiger partial charge in [0.05, 0.1) is 0 Å². The third kappa shape index (κ3) is 40.4. The van der Waals surface area contributed by atoms with Crippen molar-refractivity contribution in [1.82, 2.24) is 10.2 Å². The van der Waals surface area contributed by atoms with Gasteiger partial charge < -0.3 is 26.2 Å². The van der Waals surface area contributed by atoms with Gasteiger partial charge in [-0.25, -0.2) is 0 Å². The predicted molar refractivity (Wildman–Crippen MR) is 201 cm³/mol. The van der Waals surface area contributed by atoms with Crippen LogP contribution in [-0.4, -0.2) is 66.3 Å². The molecule has 0 amide bonds. The van der Waals surface area contributed by atoms with E-state index in [-0.39, 0.29) is 0 Å². The fraction of sp³-hybridized carbons (Fsp3) is 0.850. The van der Waals surface area contributed by atoms with Crippen LogP contribution in [-0.2, 0) is 9.59 Å². The van der Waals surface area contributed by atoms with Gasteiger partial charge in [-0.05, 0) is 90.1 Å². The van der Waals surface area contributed by atoms with Crippen molar-refractivity contribution < 1.29 is 19.8 Å². The number of allylic oxidation sites excluding steroid dienone is 4. The van der Waals surface area contributed by atoms with Gasteiger partial charge in [0.25, 0.3) is 0 Å². The van der Waals surface area contributed by atoms with Crippen molar-refractivity contribution >= 4 is 11.9 Å². The van der Waals surface area contributed by atoms with Gasteiger partial charge in [-0.2, -0.15) is 0 Å². The number of hydrogen-bond acceptors (Lipinski definition) is 5. The van der Waals surface area contributed by atoms with Gasteiger partial charge in [0, 0.05) is 39.0 Å². The minimum Gasteiger partial charge on any atom is -0.481 e. The molecule has 0 bridgehead atoms. The number of carbonyl (C=O) groups is 2. The molecular weight excluding hydrogens is 586 g/mol. The molecule has 7 nitrogen and oxygen atoms in total. The van der Waals surface area contributed by atoms with Gasteiger partial charge in [0.1, 0.15) is 0 Å². The summed E-state index contributed by atoms with van der Waals surface area (Å²) in [5.74, 6) is -1.34. The molecule has 276 valence electrons. The largest absolute Gasteiger partial charge is 0.481 e. The lowest BCUT2D eigenvalue weighted by atomic mass is 10.1. The lowest BCUT2D eigenvalue weighted by Gasteiger charge is -2.22. The Morgan fingerprint density at radius 1 is 0.447 bits per heavy atom. The minimum atomic E-state index is -0.672. The molecule has 0 aromatic heterocycles. The number of nitrogens with zero attached hydrogens (tertiary/aromatic N) is 1. The van der Waals surface area contributed by atoms with Gasteiger partial charge in [-0.1, -0.05) is 114 Å². The van der Waals surface area contributed by atoms with E-state index >= 15 is 0 Å². The number of nitrogens with two attached hydrogens (primary N) is 1. The molecule has 0 aliphatic heterocycles. The molecule has 0 radical (unpaired) electrons. The van der Waals surface area contributed by atoms with Gasteiger partial charge in [0.15, 0.2) is 0 Å². The molecule has 5 N–H and O–H groups in total. The van der Waals surface area contributed by atoms with Gasteiger partial charge >= 0.3 is 11.9 Å². The second-order valence-electron chi connectivity index (χ2n) is 13.5. The van der Waals surface area contributed by atoms with E-state index in [1.165, 1.54) is 129 Å². The van der Waals surface area contributed by atoms with Crippen molar-refractivity contribution in [2.45, 2.75) is 180 Å². The summed E-state index contributed by atoms with van der Waals surface area (Å²) in [5.41, 5.74) is 5.65. The molecule has 0 spiro atoms. The third-order valence-electron chi connectivity index (χ3n) is 8.97. The summed E-state index contributed by atoms with van der Waals surface area (Å²) < 4.78 is 0. The standard InChI is InChI=1S/C40H77N3O4/c41-33-34-42-35-38-43(36-29-25-21-17-13-9-5-1-3-7-11-15-19-23-27-31-39(44)45)37-30-26-22-18-14-10-6-2-4-8-12-16-20-24-28-32-40(46)47/h1-4,42H,5-38,41H2,(H,44,45)(H,46,47). The molecule has 7 heteroatoms. The van der Waals surface area contributed by atoms with Crippen LogP contribution in [0.25, 0.3) is 0 Å². The molecule has 0 saturated heterocycles. The van der Waals surface area contributed by atoms with E-state index in [2.05, 4.69) is 34.5 Å². The molecule has 0 aromatic rings. The molecule has 0 unspecified atom stereocenters. The number of carboxylic acid groups (broad SMARTS) is 2. The number of carboxylic acids is 2. The summed E-state index contributed by atoms with van der Waals surface area (Å²) in [4.78, 5) is 23.7. The fourth-order valence-corrected chi connectivity index (χ4v) is 6.02. The van der Waals surface area contributed by atoms with E-state index in [9.17, 15) is 9.59 Å². The topological polar surface area (TPSA) is 116 Å². The Morgan fingerprint density at radius 3 is 1.11 bits per heavy atom. The Balaban J connectivity index is 3.69.